The first kappa shape index (κ1) is 25.5. The van der Waals surface area contributed by atoms with Crippen LogP contribution in [0.25, 0.3) is 11.1 Å². The SMILES string of the molecule is CS(=O)(=O)c1ccccc1-c1cc(F)c(N2CC[C@@H](NC(=O)Nc3ccc(Cl)cc3F)C2=O)c(F)c1. The van der Waals surface area contributed by atoms with E-state index in [1.165, 1.54) is 36.4 Å². The van der Waals surface area contributed by atoms with Crippen LogP contribution in [0.1, 0.15) is 6.42 Å². The number of amides is 3. The number of rotatable bonds is 5. The van der Waals surface area contributed by atoms with Gasteiger partial charge in [-0.2, -0.15) is 0 Å². The molecular weight excluding hydrogens is 519 g/mol. The van der Waals surface area contributed by atoms with Crippen molar-refractivity contribution in [3.8, 4) is 11.1 Å². The molecule has 1 fully saturated rings. The molecule has 7 nitrogen and oxygen atoms in total. The van der Waals surface area contributed by atoms with Gasteiger partial charge in [0.25, 0.3) is 0 Å². The van der Waals surface area contributed by atoms with Gasteiger partial charge in [-0.05, 0) is 48.4 Å². The first-order valence-electron chi connectivity index (χ1n) is 10.6. The molecular formula is C24H19ClF3N3O4S. The van der Waals surface area contributed by atoms with E-state index in [2.05, 4.69) is 10.6 Å². The third kappa shape index (κ3) is 5.17. The molecule has 0 bridgehead atoms. The second-order valence-electron chi connectivity index (χ2n) is 8.11. The van der Waals surface area contributed by atoms with Gasteiger partial charge in [0, 0.05) is 23.4 Å². The first-order valence-corrected chi connectivity index (χ1v) is 12.8. The van der Waals surface area contributed by atoms with Crippen molar-refractivity contribution in [3.05, 3.63) is 77.1 Å². The number of hydrogen-bond acceptors (Lipinski definition) is 4. The zero-order valence-electron chi connectivity index (χ0n) is 18.7. The molecule has 4 rings (SSSR count). The third-order valence-corrected chi connectivity index (χ3v) is 6.96. The normalized spacial score (nSPS) is 15.8. The van der Waals surface area contributed by atoms with Crippen LogP contribution in [0.15, 0.2) is 59.5 Å². The summed E-state index contributed by atoms with van der Waals surface area (Å²) in [7, 11) is -3.67. The molecule has 0 unspecified atom stereocenters. The minimum absolute atomic E-state index is 0.0135. The van der Waals surface area contributed by atoms with Crippen LogP contribution < -0.4 is 15.5 Å². The van der Waals surface area contributed by atoms with Crippen LogP contribution in [0, 0.1) is 17.5 Å². The van der Waals surface area contributed by atoms with E-state index in [0.29, 0.717) is 0 Å². The lowest BCUT2D eigenvalue weighted by molar-refractivity contribution is -0.118. The highest BCUT2D eigenvalue weighted by Gasteiger charge is 2.36. The molecule has 0 spiro atoms. The van der Waals surface area contributed by atoms with Crippen LogP contribution in [0.5, 0.6) is 0 Å². The molecule has 0 radical (unpaired) electrons. The smallest absolute Gasteiger partial charge is 0.319 e. The van der Waals surface area contributed by atoms with E-state index in [1.807, 2.05) is 0 Å². The van der Waals surface area contributed by atoms with Gasteiger partial charge in [-0.1, -0.05) is 29.8 Å². The van der Waals surface area contributed by atoms with Crippen molar-refractivity contribution < 1.29 is 31.2 Å². The number of halogens is 4. The number of nitrogens with zero attached hydrogens (tertiary/aromatic N) is 1. The molecule has 0 aliphatic carbocycles. The van der Waals surface area contributed by atoms with Crippen molar-refractivity contribution in [3.63, 3.8) is 0 Å². The van der Waals surface area contributed by atoms with Gasteiger partial charge >= 0.3 is 6.03 Å². The third-order valence-electron chi connectivity index (χ3n) is 5.57. The van der Waals surface area contributed by atoms with E-state index in [-0.39, 0.29) is 39.7 Å². The maximum atomic E-state index is 15.1. The van der Waals surface area contributed by atoms with Crippen LogP contribution in [0.3, 0.4) is 0 Å². The number of nitrogens with one attached hydrogen (secondary N) is 2. The maximum Gasteiger partial charge on any atom is 0.319 e. The largest absolute Gasteiger partial charge is 0.326 e. The minimum Gasteiger partial charge on any atom is -0.326 e. The van der Waals surface area contributed by atoms with Crippen molar-refractivity contribution >= 4 is 44.8 Å². The molecule has 3 aromatic carbocycles. The van der Waals surface area contributed by atoms with Crippen molar-refractivity contribution in [2.24, 2.45) is 0 Å². The predicted molar refractivity (Wildman–Crippen MR) is 129 cm³/mol. The van der Waals surface area contributed by atoms with Crippen LogP contribution >= 0.6 is 11.6 Å². The van der Waals surface area contributed by atoms with Crippen LogP contribution in [0.2, 0.25) is 5.02 Å². The molecule has 36 heavy (non-hydrogen) atoms. The molecule has 12 heteroatoms. The van der Waals surface area contributed by atoms with E-state index in [4.69, 9.17) is 11.6 Å². The van der Waals surface area contributed by atoms with E-state index in [0.717, 1.165) is 29.4 Å². The van der Waals surface area contributed by atoms with Crippen molar-refractivity contribution in [1.82, 2.24) is 5.32 Å². The lowest BCUT2D eigenvalue weighted by Gasteiger charge is -2.20. The number of benzene rings is 3. The highest BCUT2D eigenvalue weighted by atomic mass is 35.5. The van der Waals surface area contributed by atoms with Crippen LogP contribution in [-0.2, 0) is 14.6 Å². The van der Waals surface area contributed by atoms with Crippen LogP contribution in [-0.4, -0.2) is 39.2 Å². The summed E-state index contributed by atoms with van der Waals surface area (Å²) in [6, 6.07) is 9.31. The van der Waals surface area contributed by atoms with Gasteiger partial charge in [0.15, 0.2) is 21.5 Å². The van der Waals surface area contributed by atoms with Crippen molar-refractivity contribution in [1.29, 1.82) is 0 Å². The molecule has 1 heterocycles. The van der Waals surface area contributed by atoms with Gasteiger partial charge < -0.3 is 15.5 Å². The first-order chi connectivity index (χ1) is 17.0. The monoisotopic (exact) mass is 537 g/mol. The second-order valence-corrected chi connectivity index (χ2v) is 10.5. The Hall–Kier alpha value is -3.57. The number of hydrogen-bond donors (Lipinski definition) is 2. The number of carbonyl (C=O) groups excluding carboxylic acids is 2. The summed E-state index contributed by atoms with van der Waals surface area (Å²) in [4.78, 5) is 25.9. The highest BCUT2D eigenvalue weighted by Crippen LogP contribution is 2.34. The van der Waals surface area contributed by atoms with Crippen molar-refractivity contribution in [2.45, 2.75) is 17.4 Å². The van der Waals surface area contributed by atoms with Gasteiger partial charge in [-0.3, -0.25) is 4.79 Å². The Bertz CT molecular complexity index is 1460. The Labute approximate surface area is 209 Å². The Morgan fingerprint density at radius 3 is 2.33 bits per heavy atom. The minimum atomic E-state index is -3.67. The fourth-order valence-corrected chi connectivity index (χ4v) is 5.02. The summed E-state index contributed by atoms with van der Waals surface area (Å²) in [5.41, 5.74) is -0.682. The summed E-state index contributed by atoms with van der Waals surface area (Å²) in [5.74, 6) is -3.69. The predicted octanol–water partition coefficient (Wildman–Crippen LogP) is 4.75. The fraction of sp³-hybridized carbons (Fsp3) is 0.167. The molecule has 0 aromatic heterocycles. The van der Waals surface area contributed by atoms with Gasteiger partial charge in [0.2, 0.25) is 5.91 Å². The molecule has 3 amide bonds. The van der Waals surface area contributed by atoms with Gasteiger partial charge in [0.05, 0.1) is 10.6 Å². The standard InChI is InChI=1S/C24H19ClF3N3O4S/c1-36(34,35)21-5-3-2-4-15(21)13-10-17(27)22(18(28)11-13)31-9-8-20(23(31)32)30-24(33)29-19-7-6-14(25)12-16(19)26/h2-7,10-12,20H,8-9H2,1H3,(H2,29,30,33)/t20-/m1/s1. The molecule has 3 aromatic rings. The van der Waals surface area contributed by atoms with Crippen LogP contribution in [0.4, 0.5) is 29.3 Å². The molecule has 2 N–H and O–H groups in total. The molecule has 1 atom stereocenters. The average Bonchev–Trinajstić information content (AvgIpc) is 3.14. The zero-order chi connectivity index (χ0) is 26.2. The van der Waals surface area contributed by atoms with Gasteiger partial charge in [-0.15, -0.1) is 0 Å². The van der Waals surface area contributed by atoms with E-state index >= 15 is 8.78 Å². The lowest BCUT2D eigenvalue weighted by Crippen LogP contribution is -2.43. The number of carbonyl (C=O) groups is 2. The number of sulfone groups is 1. The Kier molecular flexibility index (Phi) is 6.96. The van der Waals surface area contributed by atoms with Gasteiger partial charge in [-0.25, -0.2) is 26.4 Å². The highest BCUT2D eigenvalue weighted by molar-refractivity contribution is 7.90. The van der Waals surface area contributed by atoms with Crippen molar-refractivity contribution in [2.75, 3.05) is 23.0 Å². The molecule has 1 saturated heterocycles. The van der Waals surface area contributed by atoms with E-state index in [1.54, 1.807) is 0 Å². The number of anilines is 2. The summed E-state index contributed by atoms with van der Waals surface area (Å²) >= 11 is 5.68. The van der Waals surface area contributed by atoms with E-state index < -0.39 is 51.0 Å². The lowest BCUT2D eigenvalue weighted by atomic mass is 10.0. The Morgan fingerprint density at radius 2 is 1.69 bits per heavy atom. The summed E-state index contributed by atoms with van der Waals surface area (Å²) in [6.45, 7) is -0.0911. The summed E-state index contributed by atoms with van der Waals surface area (Å²) in [6.07, 6.45) is 1.04. The quantitative estimate of drug-likeness (QED) is 0.491. The summed E-state index contributed by atoms with van der Waals surface area (Å²) in [5, 5.41) is 4.75. The number of urea groups is 1. The van der Waals surface area contributed by atoms with Gasteiger partial charge in [0.1, 0.15) is 17.5 Å². The zero-order valence-corrected chi connectivity index (χ0v) is 20.3. The molecule has 0 saturated carbocycles. The van der Waals surface area contributed by atoms with E-state index in [9.17, 15) is 22.4 Å². The fourth-order valence-electron chi connectivity index (χ4n) is 3.95. The topological polar surface area (TPSA) is 95.6 Å². The average molecular weight is 538 g/mol. The Balaban J connectivity index is 1.54. The molecule has 1 aliphatic rings. The molecule has 1 aliphatic heterocycles. The summed E-state index contributed by atoms with van der Waals surface area (Å²) < 4.78 is 68.2. The maximum absolute atomic E-state index is 15.1. The Morgan fingerprint density at radius 1 is 1.03 bits per heavy atom. The molecule has 188 valence electrons. The second kappa shape index (κ2) is 9.82.